The fourth-order valence-electron chi connectivity index (χ4n) is 2.58. The third-order valence-electron chi connectivity index (χ3n) is 3.72. The average Bonchev–Trinajstić information content (AvgIpc) is 2.83. The summed E-state index contributed by atoms with van der Waals surface area (Å²) < 4.78 is 0.364. The molecule has 1 atom stereocenters. The summed E-state index contributed by atoms with van der Waals surface area (Å²) in [5.41, 5.74) is 8.67. The zero-order valence-electron chi connectivity index (χ0n) is 11.1. The summed E-state index contributed by atoms with van der Waals surface area (Å²) >= 11 is 2.07. The Kier molecular flexibility index (Phi) is 3.27. The molecule has 19 heavy (non-hydrogen) atoms. The van der Waals surface area contributed by atoms with Crippen molar-refractivity contribution in [1.82, 2.24) is 4.98 Å². The van der Waals surface area contributed by atoms with Crippen LogP contribution in [-0.2, 0) is 0 Å². The lowest BCUT2D eigenvalue weighted by Gasteiger charge is -2.24. The van der Waals surface area contributed by atoms with E-state index in [1.165, 1.54) is 18.6 Å². The van der Waals surface area contributed by atoms with E-state index in [1.54, 1.807) is 0 Å². The van der Waals surface area contributed by atoms with E-state index in [2.05, 4.69) is 29.0 Å². The van der Waals surface area contributed by atoms with Gasteiger partial charge in [-0.2, -0.15) is 11.8 Å². The van der Waals surface area contributed by atoms with Crippen molar-refractivity contribution in [3.63, 3.8) is 0 Å². The van der Waals surface area contributed by atoms with Gasteiger partial charge in [-0.25, -0.2) is 0 Å². The number of benzene rings is 1. The first kappa shape index (κ1) is 12.6. The van der Waals surface area contributed by atoms with Gasteiger partial charge in [0.15, 0.2) is 0 Å². The number of hydrogen-bond donors (Lipinski definition) is 2. The van der Waals surface area contributed by atoms with Crippen molar-refractivity contribution in [2.45, 2.75) is 24.5 Å². The minimum Gasteiger partial charge on any atom is -0.399 e. The van der Waals surface area contributed by atoms with Crippen LogP contribution in [0.1, 0.15) is 19.8 Å². The van der Waals surface area contributed by atoms with Gasteiger partial charge in [-0.05, 0) is 49.8 Å². The first-order chi connectivity index (χ1) is 9.16. The highest BCUT2D eigenvalue weighted by Gasteiger charge is 2.29. The van der Waals surface area contributed by atoms with Gasteiger partial charge in [0.05, 0.1) is 5.52 Å². The van der Waals surface area contributed by atoms with Crippen molar-refractivity contribution >= 4 is 34.0 Å². The molecule has 3 nitrogen and oxygen atoms in total. The topological polar surface area (TPSA) is 50.9 Å². The molecule has 1 aliphatic rings. The van der Waals surface area contributed by atoms with Gasteiger partial charge < -0.3 is 11.1 Å². The van der Waals surface area contributed by atoms with E-state index in [9.17, 15) is 0 Å². The van der Waals surface area contributed by atoms with E-state index in [4.69, 9.17) is 5.73 Å². The Morgan fingerprint density at radius 1 is 1.42 bits per heavy atom. The first-order valence-corrected chi connectivity index (χ1v) is 7.67. The number of anilines is 2. The smallest absolute Gasteiger partial charge is 0.0743 e. The molecule has 1 unspecified atom stereocenters. The van der Waals surface area contributed by atoms with Gasteiger partial charge >= 0.3 is 0 Å². The third kappa shape index (κ3) is 2.63. The number of nitrogens with one attached hydrogen (secondary N) is 1. The summed E-state index contributed by atoms with van der Waals surface area (Å²) in [7, 11) is 0. The number of nitrogens with two attached hydrogens (primary N) is 1. The standard InChI is InChI=1S/C15H19N3S/c1-15(6-2-8-19-15)10-18-13-5-7-17-14-9-11(16)3-4-12(13)14/h3-5,7,9H,2,6,8,10,16H2,1H3,(H,17,18). The van der Waals surface area contributed by atoms with Crippen LogP contribution in [0.5, 0.6) is 0 Å². The molecule has 1 saturated heterocycles. The molecule has 2 aromatic rings. The molecule has 0 amide bonds. The molecule has 1 aromatic heterocycles. The van der Waals surface area contributed by atoms with E-state index in [1.807, 2.05) is 30.5 Å². The molecule has 0 radical (unpaired) electrons. The lowest BCUT2D eigenvalue weighted by molar-refractivity contribution is 0.635. The van der Waals surface area contributed by atoms with Crippen molar-refractivity contribution in [3.8, 4) is 0 Å². The van der Waals surface area contributed by atoms with Gasteiger partial charge in [0.25, 0.3) is 0 Å². The maximum absolute atomic E-state index is 5.80. The van der Waals surface area contributed by atoms with Crippen molar-refractivity contribution in [3.05, 3.63) is 30.5 Å². The summed E-state index contributed by atoms with van der Waals surface area (Å²) in [6.45, 7) is 3.35. The predicted octanol–water partition coefficient (Wildman–Crippen LogP) is 3.51. The minimum absolute atomic E-state index is 0.364. The highest BCUT2D eigenvalue weighted by atomic mass is 32.2. The normalized spacial score (nSPS) is 22.8. The maximum Gasteiger partial charge on any atom is 0.0743 e. The summed E-state index contributed by atoms with van der Waals surface area (Å²) in [5, 5.41) is 4.73. The Morgan fingerprint density at radius 2 is 2.32 bits per heavy atom. The summed E-state index contributed by atoms with van der Waals surface area (Å²) in [6.07, 6.45) is 4.46. The van der Waals surface area contributed by atoms with Crippen molar-refractivity contribution in [2.24, 2.45) is 0 Å². The van der Waals surface area contributed by atoms with E-state index in [0.717, 1.165) is 28.8 Å². The van der Waals surface area contributed by atoms with Crippen LogP contribution in [-0.4, -0.2) is 22.0 Å². The number of nitrogens with zero attached hydrogens (tertiary/aromatic N) is 1. The van der Waals surface area contributed by atoms with Crippen LogP contribution in [0.4, 0.5) is 11.4 Å². The molecule has 0 aliphatic carbocycles. The fraction of sp³-hybridized carbons (Fsp3) is 0.400. The highest BCUT2D eigenvalue weighted by molar-refractivity contribution is 8.00. The molecule has 2 heterocycles. The number of fused-ring (bicyclic) bond motifs is 1. The van der Waals surface area contributed by atoms with Crippen LogP contribution in [0.3, 0.4) is 0 Å². The largest absolute Gasteiger partial charge is 0.399 e. The van der Waals surface area contributed by atoms with Gasteiger partial charge in [0.2, 0.25) is 0 Å². The zero-order chi connectivity index (χ0) is 13.3. The maximum atomic E-state index is 5.80. The molecule has 1 fully saturated rings. The second-order valence-corrected chi connectivity index (χ2v) is 7.07. The SMILES string of the molecule is CC1(CNc2ccnc3cc(N)ccc23)CCCS1. The van der Waals surface area contributed by atoms with Crippen molar-refractivity contribution < 1.29 is 0 Å². The van der Waals surface area contributed by atoms with Gasteiger partial charge in [0.1, 0.15) is 0 Å². The molecule has 100 valence electrons. The van der Waals surface area contributed by atoms with Gasteiger partial charge in [-0.3, -0.25) is 4.98 Å². The van der Waals surface area contributed by atoms with E-state index in [-0.39, 0.29) is 0 Å². The van der Waals surface area contributed by atoms with Gasteiger partial charge in [-0.15, -0.1) is 0 Å². The number of nitrogen functional groups attached to an aromatic ring is 1. The Balaban J connectivity index is 1.84. The lowest BCUT2D eigenvalue weighted by atomic mass is 10.1. The summed E-state index contributed by atoms with van der Waals surface area (Å²) in [4.78, 5) is 4.37. The van der Waals surface area contributed by atoms with E-state index < -0.39 is 0 Å². The quantitative estimate of drug-likeness (QED) is 0.840. The third-order valence-corrected chi connectivity index (χ3v) is 5.26. The van der Waals surface area contributed by atoms with Crippen LogP contribution in [0, 0.1) is 0 Å². The van der Waals surface area contributed by atoms with Crippen LogP contribution < -0.4 is 11.1 Å². The molecular weight excluding hydrogens is 254 g/mol. The number of pyridine rings is 1. The molecule has 3 N–H and O–H groups in total. The Hall–Kier alpha value is -1.42. The highest BCUT2D eigenvalue weighted by Crippen LogP contribution is 2.38. The zero-order valence-corrected chi connectivity index (χ0v) is 12.0. The lowest BCUT2D eigenvalue weighted by Crippen LogP contribution is -2.27. The second-order valence-electron chi connectivity index (χ2n) is 5.39. The number of aromatic nitrogens is 1. The summed E-state index contributed by atoms with van der Waals surface area (Å²) in [6, 6.07) is 7.94. The molecule has 3 rings (SSSR count). The molecule has 4 heteroatoms. The van der Waals surface area contributed by atoms with Crippen molar-refractivity contribution in [1.29, 1.82) is 0 Å². The Morgan fingerprint density at radius 3 is 3.11 bits per heavy atom. The Bertz CT molecular complexity index is 591. The minimum atomic E-state index is 0.364. The monoisotopic (exact) mass is 273 g/mol. The van der Waals surface area contributed by atoms with Crippen LogP contribution in [0.15, 0.2) is 30.5 Å². The fourth-order valence-corrected chi connectivity index (χ4v) is 3.82. The number of hydrogen-bond acceptors (Lipinski definition) is 4. The van der Waals surface area contributed by atoms with Crippen LogP contribution in [0.2, 0.25) is 0 Å². The first-order valence-electron chi connectivity index (χ1n) is 6.68. The van der Waals surface area contributed by atoms with E-state index in [0.29, 0.717) is 4.75 Å². The number of rotatable bonds is 3. The van der Waals surface area contributed by atoms with Crippen LogP contribution >= 0.6 is 11.8 Å². The molecule has 1 aromatic carbocycles. The van der Waals surface area contributed by atoms with Crippen molar-refractivity contribution in [2.75, 3.05) is 23.3 Å². The summed E-state index contributed by atoms with van der Waals surface area (Å²) in [5.74, 6) is 1.28. The number of thioether (sulfide) groups is 1. The molecule has 0 bridgehead atoms. The van der Waals surface area contributed by atoms with E-state index >= 15 is 0 Å². The molecular formula is C15H19N3S. The average molecular weight is 273 g/mol. The predicted molar refractivity (Wildman–Crippen MR) is 84.7 cm³/mol. The second kappa shape index (κ2) is 4.93. The molecule has 1 aliphatic heterocycles. The molecule has 0 spiro atoms. The van der Waals surface area contributed by atoms with Gasteiger partial charge in [-0.1, -0.05) is 0 Å². The Labute approximate surface area is 118 Å². The van der Waals surface area contributed by atoms with Gasteiger partial charge in [0, 0.05) is 34.2 Å². The molecule has 0 saturated carbocycles. The van der Waals surface area contributed by atoms with Crippen LogP contribution in [0.25, 0.3) is 10.9 Å².